The predicted molar refractivity (Wildman–Crippen MR) is 173 cm³/mol. The number of allylic oxidation sites excluding steroid dienone is 1. The van der Waals surface area contributed by atoms with Gasteiger partial charge in [-0.1, -0.05) is 72.8 Å². The van der Waals surface area contributed by atoms with E-state index in [1.54, 1.807) is 24.8 Å². The number of hydrogen-bond acceptors (Lipinski definition) is 8. The number of benzene rings is 3. The SMILES string of the molecule is COC(=O)C1C(C)=NC(C)=C(C(=O)NCC(=O)N2CCN(C(c3ccccc3)c3ccccc3)CC2)C1c1cccc([N+](=O)[O-])c1. The van der Waals surface area contributed by atoms with Crippen molar-refractivity contribution in [3.63, 3.8) is 0 Å². The summed E-state index contributed by atoms with van der Waals surface area (Å²) >= 11 is 0. The molecule has 0 aliphatic carbocycles. The minimum absolute atomic E-state index is 0.0538. The first-order valence-electron chi connectivity index (χ1n) is 15.2. The number of rotatable bonds is 9. The number of ether oxygens (including phenoxy) is 1. The maximum Gasteiger partial charge on any atom is 0.315 e. The number of aliphatic imine (C=N–C) groups is 1. The highest BCUT2D eigenvalue weighted by atomic mass is 16.6. The summed E-state index contributed by atoms with van der Waals surface area (Å²) in [6.07, 6.45) is 0. The molecule has 0 bridgehead atoms. The van der Waals surface area contributed by atoms with Crippen LogP contribution in [0.3, 0.4) is 0 Å². The van der Waals surface area contributed by atoms with Gasteiger partial charge in [0.15, 0.2) is 0 Å². The van der Waals surface area contributed by atoms with Gasteiger partial charge < -0.3 is 15.0 Å². The van der Waals surface area contributed by atoms with Crippen LogP contribution in [0.25, 0.3) is 0 Å². The number of nitro benzene ring substituents is 1. The third kappa shape index (κ3) is 6.89. The van der Waals surface area contributed by atoms with Gasteiger partial charge in [0.2, 0.25) is 11.8 Å². The van der Waals surface area contributed by atoms with Crippen LogP contribution >= 0.6 is 0 Å². The van der Waals surface area contributed by atoms with Crippen LogP contribution in [0.15, 0.2) is 101 Å². The molecule has 5 rings (SSSR count). The zero-order valence-corrected chi connectivity index (χ0v) is 26.1. The van der Waals surface area contributed by atoms with Crippen molar-refractivity contribution in [3.05, 3.63) is 123 Å². The Kier molecular flexibility index (Phi) is 10.0. The van der Waals surface area contributed by atoms with E-state index in [1.807, 2.05) is 36.4 Å². The van der Waals surface area contributed by atoms with E-state index < -0.39 is 28.6 Å². The molecule has 1 fully saturated rings. The number of nitro groups is 1. The monoisotopic (exact) mass is 623 g/mol. The molecule has 2 amide bonds. The second kappa shape index (κ2) is 14.3. The highest BCUT2D eigenvalue weighted by Crippen LogP contribution is 2.40. The molecule has 2 aliphatic heterocycles. The molecule has 11 heteroatoms. The van der Waals surface area contributed by atoms with Crippen LogP contribution in [0.5, 0.6) is 0 Å². The van der Waals surface area contributed by atoms with Crippen LogP contribution in [0.4, 0.5) is 5.69 Å². The number of nitrogens with one attached hydrogen (secondary N) is 1. The first kappa shape index (κ1) is 32.2. The smallest absolute Gasteiger partial charge is 0.315 e. The van der Waals surface area contributed by atoms with Gasteiger partial charge in [-0.3, -0.25) is 34.4 Å². The number of hydrogen-bond donors (Lipinski definition) is 1. The first-order valence-corrected chi connectivity index (χ1v) is 15.2. The molecule has 46 heavy (non-hydrogen) atoms. The molecule has 2 aliphatic rings. The van der Waals surface area contributed by atoms with Gasteiger partial charge in [0, 0.05) is 61.2 Å². The molecule has 2 atom stereocenters. The quantitative estimate of drug-likeness (QED) is 0.214. The Morgan fingerprint density at radius 3 is 2.11 bits per heavy atom. The van der Waals surface area contributed by atoms with E-state index in [2.05, 4.69) is 39.5 Å². The van der Waals surface area contributed by atoms with Crippen molar-refractivity contribution in [1.82, 2.24) is 15.1 Å². The molecule has 2 unspecified atom stereocenters. The summed E-state index contributed by atoms with van der Waals surface area (Å²) in [6, 6.07) is 26.5. The lowest BCUT2D eigenvalue weighted by Gasteiger charge is -2.40. The fraction of sp³-hybridized carbons (Fsp3) is 0.314. The Hall–Kier alpha value is -5.16. The molecule has 3 aromatic carbocycles. The van der Waals surface area contributed by atoms with E-state index in [-0.39, 0.29) is 29.8 Å². The van der Waals surface area contributed by atoms with Crippen molar-refractivity contribution in [2.75, 3.05) is 39.8 Å². The molecule has 1 saturated heterocycles. The average Bonchev–Trinajstić information content (AvgIpc) is 3.08. The lowest BCUT2D eigenvalue weighted by molar-refractivity contribution is -0.384. The number of carbonyl (C=O) groups excluding carboxylic acids is 3. The second-order valence-electron chi connectivity index (χ2n) is 11.4. The van der Waals surface area contributed by atoms with Crippen LogP contribution in [0, 0.1) is 16.0 Å². The summed E-state index contributed by atoms with van der Waals surface area (Å²) < 4.78 is 5.04. The topological polar surface area (TPSA) is 134 Å². The van der Waals surface area contributed by atoms with Gasteiger partial charge in [-0.15, -0.1) is 0 Å². The van der Waals surface area contributed by atoms with Gasteiger partial charge >= 0.3 is 5.97 Å². The van der Waals surface area contributed by atoms with Crippen molar-refractivity contribution in [2.45, 2.75) is 25.8 Å². The number of esters is 1. The van der Waals surface area contributed by atoms with Crippen LogP contribution in [0.1, 0.15) is 42.5 Å². The zero-order valence-electron chi connectivity index (χ0n) is 26.1. The highest BCUT2D eigenvalue weighted by molar-refractivity contribution is 6.08. The Morgan fingerprint density at radius 1 is 0.935 bits per heavy atom. The van der Waals surface area contributed by atoms with Crippen molar-refractivity contribution in [2.24, 2.45) is 10.9 Å². The van der Waals surface area contributed by atoms with Crippen molar-refractivity contribution < 1.29 is 24.0 Å². The molecule has 2 heterocycles. The molecular weight excluding hydrogens is 586 g/mol. The minimum atomic E-state index is -0.970. The van der Waals surface area contributed by atoms with E-state index in [0.717, 1.165) is 0 Å². The third-order valence-electron chi connectivity index (χ3n) is 8.63. The second-order valence-corrected chi connectivity index (χ2v) is 11.4. The number of carbonyl (C=O) groups is 3. The fourth-order valence-electron chi connectivity index (χ4n) is 6.43. The molecule has 238 valence electrons. The lowest BCUT2D eigenvalue weighted by atomic mass is 9.75. The van der Waals surface area contributed by atoms with E-state index in [1.165, 1.54) is 36.4 Å². The van der Waals surface area contributed by atoms with Gasteiger partial charge in [0.25, 0.3) is 5.69 Å². The number of amides is 2. The lowest BCUT2D eigenvalue weighted by Crippen LogP contribution is -2.52. The van der Waals surface area contributed by atoms with Crippen molar-refractivity contribution >= 4 is 29.2 Å². The minimum Gasteiger partial charge on any atom is -0.468 e. The Morgan fingerprint density at radius 2 is 1.54 bits per heavy atom. The number of piperazine rings is 1. The largest absolute Gasteiger partial charge is 0.468 e. The van der Waals surface area contributed by atoms with Gasteiger partial charge in [0.1, 0.15) is 5.92 Å². The first-order chi connectivity index (χ1) is 22.2. The summed E-state index contributed by atoms with van der Waals surface area (Å²) in [5.41, 5.74) is 3.53. The predicted octanol–water partition coefficient (Wildman–Crippen LogP) is 4.27. The average molecular weight is 624 g/mol. The van der Waals surface area contributed by atoms with E-state index in [4.69, 9.17) is 4.74 Å². The number of nitrogens with zero attached hydrogens (tertiary/aromatic N) is 4. The van der Waals surface area contributed by atoms with Crippen LogP contribution in [-0.2, 0) is 19.1 Å². The molecule has 11 nitrogen and oxygen atoms in total. The summed E-state index contributed by atoms with van der Waals surface area (Å²) in [5.74, 6) is -3.28. The van der Waals surface area contributed by atoms with Gasteiger partial charge in [-0.05, 0) is 30.5 Å². The van der Waals surface area contributed by atoms with Crippen LogP contribution < -0.4 is 5.32 Å². The molecule has 0 aromatic heterocycles. The molecular formula is C35H37N5O6. The molecule has 0 saturated carbocycles. The van der Waals surface area contributed by atoms with Gasteiger partial charge in [-0.2, -0.15) is 0 Å². The van der Waals surface area contributed by atoms with E-state index in [0.29, 0.717) is 43.2 Å². The maximum atomic E-state index is 13.7. The normalized spacial score (nSPS) is 18.6. The van der Waals surface area contributed by atoms with E-state index >= 15 is 0 Å². The summed E-state index contributed by atoms with van der Waals surface area (Å²) in [6.45, 7) is 5.36. The Labute approximate surface area is 267 Å². The number of methoxy groups -OCH3 is 1. The Bertz CT molecular complexity index is 1630. The zero-order chi connectivity index (χ0) is 32.8. The van der Waals surface area contributed by atoms with Crippen LogP contribution in [0.2, 0.25) is 0 Å². The van der Waals surface area contributed by atoms with Crippen LogP contribution in [-0.4, -0.2) is 78.1 Å². The summed E-state index contributed by atoms with van der Waals surface area (Å²) in [7, 11) is 1.24. The summed E-state index contributed by atoms with van der Waals surface area (Å²) in [4.78, 5) is 59.5. The summed E-state index contributed by atoms with van der Waals surface area (Å²) in [5, 5.41) is 14.3. The van der Waals surface area contributed by atoms with Gasteiger partial charge in [-0.25, -0.2) is 0 Å². The highest BCUT2D eigenvalue weighted by Gasteiger charge is 2.42. The standard InChI is InChI=1S/C35H37N5O6/c1-23-30(32(31(24(2)37-23)35(43)46-3)27-15-10-16-28(21-27)40(44)45)34(42)36-22-29(41)38-17-19-39(20-18-38)33(25-11-6-4-7-12-25)26-13-8-5-9-14-26/h4-16,21,31-33H,17-20,22H2,1-3H3,(H,36,42). The molecule has 3 aromatic rings. The Balaban J connectivity index is 1.29. The van der Waals surface area contributed by atoms with Gasteiger partial charge in [0.05, 0.1) is 24.6 Å². The van der Waals surface area contributed by atoms with Crippen molar-refractivity contribution in [1.29, 1.82) is 0 Å². The molecule has 0 spiro atoms. The maximum absolute atomic E-state index is 13.7. The number of non-ortho nitro benzene ring substituents is 1. The van der Waals surface area contributed by atoms with E-state index in [9.17, 15) is 24.5 Å². The third-order valence-corrected chi connectivity index (χ3v) is 8.63. The van der Waals surface area contributed by atoms with Crippen molar-refractivity contribution in [3.8, 4) is 0 Å². The molecule has 1 N–H and O–H groups in total. The molecule has 0 radical (unpaired) electrons. The fourth-order valence-corrected chi connectivity index (χ4v) is 6.43.